The molecule has 1 amide bonds. The Morgan fingerprint density at radius 3 is 2.92 bits per heavy atom. The zero-order chi connectivity index (χ0) is 15.5. The largest absolute Gasteiger partial charge is 0.495 e. The first-order chi connectivity index (χ1) is 10.7. The van der Waals surface area contributed by atoms with E-state index in [4.69, 9.17) is 16.3 Å². The van der Waals surface area contributed by atoms with Gasteiger partial charge in [0.1, 0.15) is 5.75 Å². The van der Waals surface area contributed by atoms with Gasteiger partial charge in [-0.2, -0.15) is 0 Å². The number of thioether (sulfide) groups is 1. The smallest absolute Gasteiger partial charge is 0.238 e. The van der Waals surface area contributed by atoms with Crippen molar-refractivity contribution in [2.45, 2.75) is 18.5 Å². The van der Waals surface area contributed by atoms with Gasteiger partial charge >= 0.3 is 0 Å². The van der Waals surface area contributed by atoms with E-state index in [1.807, 2.05) is 18.2 Å². The molecule has 3 rings (SSSR count). The molecule has 0 aromatic heterocycles. The van der Waals surface area contributed by atoms with E-state index in [9.17, 15) is 4.79 Å². The van der Waals surface area contributed by atoms with Crippen LogP contribution in [0.4, 0.5) is 5.69 Å². The summed E-state index contributed by atoms with van der Waals surface area (Å²) in [5.74, 6) is 2.62. The number of hydrogen-bond donors (Lipinski definition) is 2. The van der Waals surface area contributed by atoms with Gasteiger partial charge in [0.15, 0.2) is 0 Å². The number of amides is 1. The second kappa shape index (κ2) is 9.82. The second-order valence-corrected chi connectivity index (χ2v) is 6.99. The first-order valence-corrected chi connectivity index (χ1v) is 8.90. The van der Waals surface area contributed by atoms with Gasteiger partial charge in [-0.1, -0.05) is 11.6 Å². The molecule has 5 nitrogen and oxygen atoms in total. The molecule has 1 aromatic rings. The molecule has 2 aliphatic heterocycles. The van der Waals surface area contributed by atoms with Crippen molar-refractivity contribution in [1.82, 2.24) is 10.6 Å². The number of methoxy groups -OCH3 is 1. The number of rotatable bonds is 4. The first-order valence-electron chi connectivity index (χ1n) is 7.37. The number of carbonyl (C=O) groups excluding carboxylic acids is 1. The van der Waals surface area contributed by atoms with E-state index in [0.717, 1.165) is 42.6 Å². The molecule has 0 spiro atoms. The molecule has 0 saturated carbocycles. The standard InChI is InChI=1S/C15H20ClN3O2S.2ClH/c1-21-14-3-2-10(16)6-13(14)19-5-4-11(7-19)18-15(20)12-8-22-9-17-12;;/h2-3,6,11-12,17H,4-5,7-9H2,1H3,(H,18,20);2*1H. The lowest BCUT2D eigenvalue weighted by Crippen LogP contribution is -2.47. The van der Waals surface area contributed by atoms with Crippen molar-refractivity contribution < 1.29 is 9.53 Å². The minimum atomic E-state index is -0.0558. The molecule has 2 atom stereocenters. The molecule has 24 heavy (non-hydrogen) atoms. The Kier molecular flexibility index (Phi) is 8.81. The van der Waals surface area contributed by atoms with E-state index in [1.54, 1.807) is 18.9 Å². The lowest BCUT2D eigenvalue weighted by Gasteiger charge is -2.22. The summed E-state index contributed by atoms with van der Waals surface area (Å²) in [5.41, 5.74) is 0.987. The van der Waals surface area contributed by atoms with Crippen LogP contribution in [0.1, 0.15) is 6.42 Å². The Balaban J connectivity index is 0.00000144. The molecule has 0 bridgehead atoms. The maximum Gasteiger partial charge on any atom is 0.238 e. The van der Waals surface area contributed by atoms with Crippen molar-refractivity contribution in [2.24, 2.45) is 0 Å². The molecule has 2 aliphatic rings. The SMILES string of the molecule is COc1ccc(Cl)cc1N1CCC(NC(=O)C2CSCN2)C1.Cl.Cl. The molecular formula is C15H22Cl3N3O2S. The van der Waals surface area contributed by atoms with Crippen LogP contribution in [-0.2, 0) is 4.79 Å². The highest BCUT2D eigenvalue weighted by Gasteiger charge is 2.29. The molecule has 2 heterocycles. The summed E-state index contributed by atoms with van der Waals surface area (Å²) < 4.78 is 5.41. The molecule has 0 radical (unpaired) electrons. The van der Waals surface area contributed by atoms with Gasteiger partial charge in [0, 0.05) is 35.8 Å². The van der Waals surface area contributed by atoms with Crippen LogP contribution in [0.25, 0.3) is 0 Å². The minimum absolute atomic E-state index is 0. The first kappa shape index (κ1) is 21.5. The Bertz CT molecular complexity index is 559. The lowest BCUT2D eigenvalue weighted by molar-refractivity contribution is -0.123. The van der Waals surface area contributed by atoms with Crippen molar-refractivity contribution >= 4 is 59.8 Å². The highest BCUT2D eigenvalue weighted by Crippen LogP contribution is 2.33. The Morgan fingerprint density at radius 1 is 1.46 bits per heavy atom. The van der Waals surface area contributed by atoms with E-state index in [2.05, 4.69) is 15.5 Å². The second-order valence-electron chi connectivity index (χ2n) is 5.53. The Hall–Kier alpha value is -0.530. The lowest BCUT2D eigenvalue weighted by atomic mass is 10.2. The molecule has 2 fully saturated rings. The average Bonchev–Trinajstić information content (AvgIpc) is 3.18. The Morgan fingerprint density at radius 2 is 2.25 bits per heavy atom. The third kappa shape index (κ3) is 4.99. The van der Waals surface area contributed by atoms with Crippen LogP contribution in [0, 0.1) is 0 Å². The summed E-state index contributed by atoms with van der Waals surface area (Å²) in [6.07, 6.45) is 0.932. The number of ether oxygens (including phenoxy) is 1. The maximum absolute atomic E-state index is 12.2. The minimum Gasteiger partial charge on any atom is -0.495 e. The molecule has 2 saturated heterocycles. The van der Waals surface area contributed by atoms with Gasteiger partial charge in [-0.25, -0.2) is 0 Å². The zero-order valence-electron chi connectivity index (χ0n) is 13.3. The van der Waals surface area contributed by atoms with Crippen molar-refractivity contribution in [3.05, 3.63) is 23.2 Å². The van der Waals surface area contributed by atoms with Gasteiger partial charge in [0.05, 0.1) is 18.8 Å². The highest BCUT2D eigenvalue weighted by molar-refractivity contribution is 7.99. The van der Waals surface area contributed by atoms with E-state index >= 15 is 0 Å². The van der Waals surface area contributed by atoms with Crippen LogP contribution in [0.3, 0.4) is 0 Å². The molecule has 9 heteroatoms. The number of carbonyl (C=O) groups is 1. The third-order valence-corrected chi connectivity index (χ3v) is 5.22. The van der Waals surface area contributed by atoms with E-state index in [-0.39, 0.29) is 42.8 Å². The van der Waals surface area contributed by atoms with Crippen LogP contribution < -0.4 is 20.3 Å². The van der Waals surface area contributed by atoms with Crippen molar-refractivity contribution in [3.63, 3.8) is 0 Å². The number of nitrogens with zero attached hydrogens (tertiary/aromatic N) is 1. The topological polar surface area (TPSA) is 53.6 Å². The van der Waals surface area contributed by atoms with Crippen molar-refractivity contribution in [3.8, 4) is 5.75 Å². The normalized spacial score (nSPS) is 22.5. The van der Waals surface area contributed by atoms with Crippen LogP contribution in [0.2, 0.25) is 5.02 Å². The van der Waals surface area contributed by atoms with E-state index in [0.29, 0.717) is 5.02 Å². The van der Waals surface area contributed by atoms with Gasteiger partial charge < -0.3 is 15.0 Å². The number of halogens is 3. The van der Waals surface area contributed by atoms with Gasteiger partial charge in [0.2, 0.25) is 5.91 Å². The van der Waals surface area contributed by atoms with Crippen molar-refractivity contribution in [1.29, 1.82) is 0 Å². The summed E-state index contributed by atoms with van der Waals surface area (Å²) in [5, 5.41) is 7.03. The summed E-state index contributed by atoms with van der Waals surface area (Å²) in [6, 6.07) is 5.73. The number of anilines is 1. The van der Waals surface area contributed by atoms with Gasteiger partial charge in [-0.05, 0) is 24.6 Å². The van der Waals surface area contributed by atoms with E-state index < -0.39 is 0 Å². The maximum atomic E-state index is 12.2. The summed E-state index contributed by atoms with van der Waals surface area (Å²) in [7, 11) is 1.66. The van der Waals surface area contributed by atoms with Crippen LogP contribution in [0.15, 0.2) is 18.2 Å². The summed E-state index contributed by atoms with van der Waals surface area (Å²) in [4.78, 5) is 14.4. The Labute approximate surface area is 164 Å². The van der Waals surface area contributed by atoms with Crippen molar-refractivity contribution in [2.75, 3.05) is 36.7 Å². The molecule has 0 aliphatic carbocycles. The highest BCUT2D eigenvalue weighted by atomic mass is 35.5. The number of benzene rings is 1. The zero-order valence-corrected chi connectivity index (χ0v) is 16.5. The summed E-state index contributed by atoms with van der Waals surface area (Å²) in [6.45, 7) is 1.66. The number of nitrogens with one attached hydrogen (secondary N) is 2. The van der Waals surface area contributed by atoms with Crippen LogP contribution in [-0.4, -0.2) is 49.8 Å². The van der Waals surface area contributed by atoms with E-state index in [1.165, 1.54) is 0 Å². The predicted molar refractivity (Wildman–Crippen MR) is 106 cm³/mol. The predicted octanol–water partition coefficient (Wildman–Crippen LogP) is 2.55. The van der Waals surface area contributed by atoms with Gasteiger partial charge in [0.25, 0.3) is 0 Å². The third-order valence-electron chi connectivity index (χ3n) is 4.05. The molecule has 136 valence electrons. The van der Waals surface area contributed by atoms with Gasteiger partial charge in [-0.15, -0.1) is 36.6 Å². The quantitative estimate of drug-likeness (QED) is 0.793. The van der Waals surface area contributed by atoms with Crippen LogP contribution in [0.5, 0.6) is 5.75 Å². The summed E-state index contributed by atoms with van der Waals surface area (Å²) >= 11 is 7.86. The monoisotopic (exact) mass is 413 g/mol. The fourth-order valence-electron chi connectivity index (χ4n) is 2.87. The fourth-order valence-corrected chi connectivity index (χ4v) is 3.98. The van der Waals surface area contributed by atoms with Gasteiger partial charge in [-0.3, -0.25) is 10.1 Å². The average molecular weight is 415 g/mol. The molecule has 2 unspecified atom stereocenters. The van der Waals surface area contributed by atoms with Crippen LogP contribution >= 0.6 is 48.2 Å². The molecule has 1 aromatic carbocycles. The fraction of sp³-hybridized carbons (Fsp3) is 0.533. The molecule has 2 N–H and O–H groups in total. The molecular weight excluding hydrogens is 393 g/mol. The number of hydrogen-bond acceptors (Lipinski definition) is 5.